The Labute approximate surface area is 112 Å². The lowest BCUT2D eigenvalue weighted by atomic mass is 9.95. The maximum absolute atomic E-state index is 13.3. The van der Waals surface area contributed by atoms with Gasteiger partial charge in [0.15, 0.2) is 0 Å². The van der Waals surface area contributed by atoms with E-state index in [9.17, 15) is 4.39 Å². The van der Waals surface area contributed by atoms with Gasteiger partial charge in [0, 0.05) is 24.1 Å². The summed E-state index contributed by atoms with van der Waals surface area (Å²) in [5.74, 6) is 2.70. The van der Waals surface area contributed by atoms with Crippen LogP contribution in [0.4, 0.5) is 4.39 Å². The zero-order chi connectivity index (χ0) is 13.0. The molecule has 2 nitrogen and oxygen atoms in total. The minimum absolute atomic E-state index is 0.191. The van der Waals surface area contributed by atoms with Gasteiger partial charge in [0.1, 0.15) is 17.7 Å². The molecular formula is C14H20FNOS. The quantitative estimate of drug-likeness (QED) is 0.828. The summed E-state index contributed by atoms with van der Waals surface area (Å²) in [7, 11) is 1.95. The van der Waals surface area contributed by atoms with Crippen LogP contribution in [0.5, 0.6) is 5.75 Å². The third-order valence-corrected chi connectivity index (χ3v) is 4.21. The molecule has 18 heavy (non-hydrogen) atoms. The van der Waals surface area contributed by atoms with Gasteiger partial charge in [0.2, 0.25) is 0 Å². The van der Waals surface area contributed by atoms with E-state index in [1.807, 2.05) is 24.9 Å². The Bertz CT molecular complexity index is 399. The van der Waals surface area contributed by atoms with E-state index in [0.29, 0.717) is 5.75 Å². The second-order valence-electron chi connectivity index (χ2n) is 4.48. The molecular weight excluding hydrogens is 249 g/mol. The fourth-order valence-electron chi connectivity index (χ4n) is 2.32. The van der Waals surface area contributed by atoms with Crippen molar-refractivity contribution in [1.29, 1.82) is 0 Å². The molecule has 1 aromatic rings. The van der Waals surface area contributed by atoms with Gasteiger partial charge in [0.25, 0.3) is 0 Å². The predicted molar refractivity (Wildman–Crippen MR) is 74.8 cm³/mol. The molecule has 2 atom stereocenters. The van der Waals surface area contributed by atoms with Gasteiger partial charge in [-0.3, -0.25) is 0 Å². The number of ether oxygens (including phenoxy) is 1. The number of rotatable bonds is 5. The molecule has 0 saturated heterocycles. The van der Waals surface area contributed by atoms with Crippen LogP contribution in [0, 0.1) is 5.82 Å². The maximum atomic E-state index is 13.3. The minimum Gasteiger partial charge on any atom is -0.490 e. The highest BCUT2D eigenvalue weighted by molar-refractivity contribution is 7.99. The highest BCUT2D eigenvalue weighted by Gasteiger charge is 2.27. The van der Waals surface area contributed by atoms with Crippen LogP contribution in [0.2, 0.25) is 0 Å². The van der Waals surface area contributed by atoms with Gasteiger partial charge in [-0.2, -0.15) is 11.8 Å². The second kappa shape index (κ2) is 6.43. The Balaban J connectivity index is 2.08. The van der Waals surface area contributed by atoms with Crippen LogP contribution in [0.15, 0.2) is 18.2 Å². The summed E-state index contributed by atoms with van der Waals surface area (Å²) in [6.45, 7) is 2.16. The molecule has 0 fully saturated rings. The lowest BCUT2D eigenvalue weighted by molar-refractivity contribution is 0.148. The fourth-order valence-corrected chi connectivity index (χ4v) is 3.04. The smallest absolute Gasteiger partial charge is 0.127 e. The number of hydrogen-bond donors (Lipinski definition) is 1. The number of halogens is 1. The molecule has 0 radical (unpaired) electrons. The van der Waals surface area contributed by atoms with Crippen LogP contribution >= 0.6 is 11.8 Å². The van der Waals surface area contributed by atoms with Crippen molar-refractivity contribution >= 4 is 11.8 Å². The molecule has 100 valence electrons. The predicted octanol–water partition coefficient (Wildman–Crippen LogP) is 3.38. The van der Waals surface area contributed by atoms with E-state index in [4.69, 9.17) is 4.74 Å². The molecule has 0 aliphatic carbocycles. The summed E-state index contributed by atoms with van der Waals surface area (Å²) >= 11 is 1.92. The molecule has 0 bridgehead atoms. The van der Waals surface area contributed by atoms with Gasteiger partial charge in [-0.1, -0.05) is 13.0 Å². The fraction of sp³-hybridized carbons (Fsp3) is 0.571. The third kappa shape index (κ3) is 3.18. The first-order valence-electron chi connectivity index (χ1n) is 6.45. The molecule has 1 N–H and O–H groups in total. The number of fused-ring (bicyclic) bond motifs is 1. The number of thioether (sulfide) groups is 1. The van der Waals surface area contributed by atoms with Crippen molar-refractivity contribution in [3.05, 3.63) is 29.6 Å². The van der Waals surface area contributed by atoms with Gasteiger partial charge in [-0.15, -0.1) is 0 Å². The molecule has 0 aromatic heterocycles. The van der Waals surface area contributed by atoms with E-state index in [0.717, 1.165) is 29.9 Å². The number of benzene rings is 1. The average Bonchev–Trinajstić information content (AvgIpc) is 2.37. The number of hydrogen-bond acceptors (Lipinski definition) is 3. The Kier molecular flexibility index (Phi) is 4.89. The van der Waals surface area contributed by atoms with Crippen molar-refractivity contribution in [2.75, 3.05) is 18.6 Å². The molecule has 1 aliphatic rings. The summed E-state index contributed by atoms with van der Waals surface area (Å²) in [4.78, 5) is 0. The van der Waals surface area contributed by atoms with Crippen LogP contribution in [-0.4, -0.2) is 24.7 Å². The maximum Gasteiger partial charge on any atom is 0.127 e. The van der Waals surface area contributed by atoms with Crippen LogP contribution in [0.1, 0.15) is 31.4 Å². The van der Waals surface area contributed by atoms with Crippen LogP contribution in [0.25, 0.3) is 0 Å². The van der Waals surface area contributed by atoms with Crippen molar-refractivity contribution in [3.8, 4) is 5.75 Å². The van der Waals surface area contributed by atoms with E-state index < -0.39 is 0 Å². The molecule has 0 amide bonds. The van der Waals surface area contributed by atoms with Crippen molar-refractivity contribution in [2.45, 2.75) is 31.9 Å². The lowest BCUT2D eigenvalue weighted by Gasteiger charge is -2.32. The summed E-state index contributed by atoms with van der Waals surface area (Å²) < 4.78 is 19.2. The Morgan fingerprint density at radius 1 is 1.50 bits per heavy atom. The lowest BCUT2D eigenvalue weighted by Crippen LogP contribution is -2.31. The third-order valence-electron chi connectivity index (χ3n) is 3.28. The largest absolute Gasteiger partial charge is 0.490 e. The molecule has 1 aliphatic heterocycles. The highest BCUT2D eigenvalue weighted by atomic mass is 32.2. The average molecular weight is 269 g/mol. The summed E-state index contributed by atoms with van der Waals surface area (Å²) in [5.41, 5.74) is 1.07. The van der Waals surface area contributed by atoms with Crippen molar-refractivity contribution < 1.29 is 9.13 Å². The molecule has 4 heteroatoms. The molecule has 0 spiro atoms. The SMILES string of the molecule is CCSCCC1CC(NC)c2ccc(F)cc2O1. The molecule has 1 aromatic carbocycles. The molecule has 1 heterocycles. The monoisotopic (exact) mass is 269 g/mol. The Morgan fingerprint density at radius 3 is 3.06 bits per heavy atom. The Hall–Kier alpha value is -0.740. The first kappa shape index (κ1) is 13.7. The normalized spacial score (nSPS) is 22.4. The van der Waals surface area contributed by atoms with E-state index in [2.05, 4.69) is 12.2 Å². The van der Waals surface area contributed by atoms with Crippen molar-refractivity contribution in [2.24, 2.45) is 0 Å². The zero-order valence-electron chi connectivity index (χ0n) is 10.9. The van der Waals surface area contributed by atoms with Crippen molar-refractivity contribution in [3.63, 3.8) is 0 Å². The van der Waals surface area contributed by atoms with Gasteiger partial charge < -0.3 is 10.1 Å². The summed E-state index contributed by atoms with van der Waals surface area (Å²) in [6.07, 6.45) is 2.17. The minimum atomic E-state index is -0.229. The second-order valence-corrected chi connectivity index (χ2v) is 5.88. The van der Waals surface area contributed by atoms with Gasteiger partial charge in [0.05, 0.1) is 0 Å². The van der Waals surface area contributed by atoms with Gasteiger partial charge >= 0.3 is 0 Å². The van der Waals surface area contributed by atoms with Crippen LogP contribution in [0.3, 0.4) is 0 Å². The molecule has 2 rings (SSSR count). The summed E-state index contributed by atoms with van der Waals surface area (Å²) in [5, 5.41) is 3.29. The topological polar surface area (TPSA) is 21.3 Å². The standard InChI is InChI=1S/C14H20FNOS/c1-3-18-7-6-11-9-13(16-2)12-5-4-10(15)8-14(12)17-11/h4-5,8,11,13,16H,3,6-7,9H2,1-2H3. The highest BCUT2D eigenvalue weighted by Crippen LogP contribution is 2.36. The van der Waals surface area contributed by atoms with E-state index >= 15 is 0 Å². The molecule has 2 unspecified atom stereocenters. The van der Waals surface area contributed by atoms with Gasteiger partial charge in [-0.05, 0) is 31.0 Å². The molecule has 0 saturated carbocycles. The van der Waals surface area contributed by atoms with Crippen LogP contribution < -0.4 is 10.1 Å². The van der Waals surface area contributed by atoms with E-state index in [1.54, 1.807) is 0 Å². The first-order valence-corrected chi connectivity index (χ1v) is 7.61. The van der Waals surface area contributed by atoms with Gasteiger partial charge in [-0.25, -0.2) is 4.39 Å². The summed E-state index contributed by atoms with van der Waals surface area (Å²) in [6, 6.07) is 5.09. The van der Waals surface area contributed by atoms with Crippen molar-refractivity contribution in [1.82, 2.24) is 5.32 Å². The van der Waals surface area contributed by atoms with Crippen LogP contribution in [-0.2, 0) is 0 Å². The van der Waals surface area contributed by atoms with E-state index in [-0.39, 0.29) is 18.0 Å². The zero-order valence-corrected chi connectivity index (χ0v) is 11.7. The first-order chi connectivity index (χ1) is 8.74. The van der Waals surface area contributed by atoms with E-state index in [1.165, 1.54) is 12.1 Å². The Morgan fingerprint density at radius 2 is 2.33 bits per heavy atom. The number of nitrogens with one attached hydrogen (secondary N) is 1.